The molecule has 0 heterocycles. The van der Waals surface area contributed by atoms with Gasteiger partial charge < -0.3 is 10.1 Å². The molecule has 0 unspecified atom stereocenters. The number of hydrogen-bond acceptors (Lipinski definition) is 4. The third-order valence-corrected chi connectivity index (χ3v) is 3.47. The average Bonchev–Trinajstić information content (AvgIpc) is 2.25. The van der Waals surface area contributed by atoms with Crippen LogP contribution in [0.3, 0.4) is 0 Å². The number of anilines is 1. The van der Waals surface area contributed by atoms with Crippen LogP contribution < -0.4 is 10.1 Å². The number of nitrogens with one attached hydrogen (secondary N) is 1. The van der Waals surface area contributed by atoms with Gasteiger partial charge in [0.1, 0.15) is 5.75 Å². The number of rotatable bonds is 5. The van der Waals surface area contributed by atoms with E-state index in [-0.39, 0.29) is 16.5 Å². The molecule has 7 heteroatoms. The summed E-state index contributed by atoms with van der Waals surface area (Å²) in [6.45, 7) is 5.75. The van der Waals surface area contributed by atoms with Crippen molar-refractivity contribution in [2.45, 2.75) is 25.7 Å². The Morgan fingerprint density at radius 1 is 1.42 bits per heavy atom. The molecule has 0 fully saturated rings. The van der Waals surface area contributed by atoms with Crippen molar-refractivity contribution in [1.29, 1.82) is 0 Å². The largest absolute Gasteiger partial charge is 0.491 e. The van der Waals surface area contributed by atoms with Gasteiger partial charge in [-0.3, -0.25) is 4.79 Å². The van der Waals surface area contributed by atoms with Gasteiger partial charge in [0.05, 0.1) is 17.2 Å². The van der Waals surface area contributed by atoms with Crippen LogP contribution in [0.1, 0.15) is 20.8 Å². The Hall–Kier alpha value is -1.27. The zero-order valence-electron chi connectivity index (χ0n) is 10.9. The summed E-state index contributed by atoms with van der Waals surface area (Å²) in [6.07, 6.45) is 0. The van der Waals surface area contributed by atoms with E-state index in [4.69, 9.17) is 15.4 Å². The smallest absolute Gasteiger partial charge is 0.261 e. The van der Waals surface area contributed by atoms with Crippen molar-refractivity contribution in [3.63, 3.8) is 0 Å². The second-order valence-electron chi connectivity index (χ2n) is 4.48. The van der Waals surface area contributed by atoms with Gasteiger partial charge >= 0.3 is 0 Å². The highest BCUT2D eigenvalue weighted by Crippen LogP contribution is 2.29. The fourth-order valence-corrected chi connectivity index (χ4v) is 2.11. The van der Waals surface area contributed by atoms with Gasteiger partial charge in [0.15, 0.2) is 0 Å². The summed E-state index contributed by atoms with van der Waals surface area (Å²) in [5, 5.41) is 2.52. The lowest BCUT2D eigenvalue weighted by Gasteiger charge is -2.14. The molecule has 1 aromatic rings. The molecule has 1 aromatic carbocycles. The van der Waals surface area contributed by atoms with Crippen LogP contribution in [0, 0.1) is 5.92 Å². The lowest BCUT2D eigenvalue weighted by Crippen LogP contribution is -2.11. The van der Waals surface area contributed by atoms with Gasteiger partial charge in [0, 0.05) is 17.6 Å². The first-order chi connectivity index (χ1) is 8.70. The second kappa shape index (κ2) is 6.25. The first kappa shape index (κ1) is 15.8. The first-order valence-electron chi connectivity index (χ1n) is 5.69. The van der Waals surface area contributed by atoms with Crippen LogP contribution >= 0.6 is 10.7 Å². The van der Waals surface area contributed by atoms with Crippen LogP contribution in [0.25, 0.3) is 0 Å². The van der Waals surface area contributed by atoms with E-state index in [1.807, 2.05) is 13.8 Å². The van der Waals surface area contributed by atoms with Crippen molar-refractivity contribution in [3.8, 4) is 5.75 Å². The second-order valence-corrected chi connectivity index (χ2v) is 7.05. The highest BCUT2D eigenvalue weighted by Gasteiger charge is 2.14. The van der Waals surface area contributed by atoms with E-state index in [0.717, 1.165) is 0 Å². The first-order valence-corrected chi connectivity index (χ1v) is 8.00. The maximum absolute atomic E-state index is 11.3. The molecular formula is C12H16ClNO4S. The molecule has 0 radical (unpaired) electrons. The predicted molar refractivity (Wildman–Crippen MR) is 74.1 cm³/mol. The van der Waals surface area contributed by atoms with Crippen LogP contribution in [-0.4, -0.2) is 20.9 Å². The topological polar surface area (TPSA) is 72.5 Å². The number of benzene rings is 1. The predicted octanol–water partition coefficient (Wildman–Crippen LogP) is 2.61. The number of amides is 1. The number of ether oxygens (including phenoxy) is 1. The number of halogens is 1. The lowest BCUT2D eigenvalue weighted by molar-refractivity contribution is -0.114. The zero-order chi connectivity index (χ0) is 14.6. The van der Waals surface area contributed by atoms with E-state index in [1.165, 1.54) is 25.1 Å². The molecule has 19 heavy (non-hydrogen) atoms. The van der Waals surface area contributed by atoms with E-state index < -0.39 is 9.05 Å². The highest BCUT2D eigenvalue weighted by atomic mass is 35.7. The van der Waals surface area contributed by atoms with Crippen LogP contribution in [-0.2, 0) is 13.8 Å². The third kappa shape index (κ3) is 5.08. The van der Waals surface area contributed by atoms with E-state index >= 15 is 0 Å². The molecule has 0 aliphatic rings. The quantitative estimate of drug-likeness (QED) is 0.849. The Morgan fingerprint density at radius 3 is 2.53 bits per heavy atom. The number of carbonyl (C=O) groups is 1. The average molecular weight is 306 g/mol. The van der Waals surface area contributed by atoms with Gasteiger partial charge in [0.25, 0.3) is 9.05 Å². The molecule has 5 nitrogen and oxygen atoms in total. The normalized spacial score (nSPS) is 11.4. The molecule has 106 valence electrons. The van der Waals surface area contributed by atoms with Crippen LogP contribution in [0.15, 0.2) is 23.1 Å². The maximum atomic E-state index is 11.3. The van der Waals surface area contributed by atoms with Crippen molar-refractivity contribution < 1.29 is 17.9 Å². The Bertz CT molecular complexity index is 569. The van der Waals surface area contributed by atoms with E-state index in [0.29, 0.717) is 18.3 Å². The maximum Gasteiger partial charge on any atom is 0.261 e. The molecule has 0 saturated carbocycles. The minimum atomic E-state index is -3.84. The molecule has 0 spiro atoms. The fraction of sp³-hybridized carbons (Fsp3) is 0.417. The Balaban J connectivity index is 3.13. The Kier molecular flexibility index (Phi) is 5.20. The summed E-state index contributed by atoms with van der Waals surface area (Å²) >= 11 is 0. The molecule has 0 atom stereocenters. The number of hydrogen-bond donors (Lipinski definition) is 1. The minimum Gasteiger partial charge on any atom is -0.491 e. The SMILES string of the molecule is CC(=O)Nc1cc(S(=O)(=O)Cl)ccc1OCC(C)C. The van der Waals surface area contributed by atoms with E-state index in [1.54, 1.807) is 0 Å². The number of carbonyl (C=O) groups excluding carboxylic acids is 1. The van der Waals surface area contributed by atoms with Gasteiger partial charge in [-0.25, -0.2) is 8.42 Å². The van der Waals surface area contributed by atoms with Gasteiger partial charge in [-0.15, -0.1) is 0 Å². The standard InChI is InChI=1S/C12H16ClNO4S/c1-8(2)7-18-12-5-4-10(19(13,16)17)6-11(12)14-9(3)15/h4-6,8H,7H2,1-3H3,(H,14,15). The summed E-state index contributed by atoms with van der Waals surface area (Å²) in [7, 11) is 1.42. The molecule has 0 aliphatic carbocycles. The molecule has 1 N–H and O–H groups in total. The van der Waals surface area contributed by atoms with Crippen molar-refractivity contribution >= 4 is 31.3 Å². The van der Waals surface area contributed by atoms with Gasteiger partial charge in [0.2, 0.25) is 5.91 Å². The van der Waals surface area contributed by atoms with Crippen LogP contribution in [0.2, 0.25) is 0 Å². The summed E-state index contributed by atoms with van der Waals surface area (Å²) in [4.78, 5) is 11.0. The van der Waals surface area contributed by atoms with Crippen LogP contribution in [0.5, 0.6) is 5.75 Å². The van der Waals surface area contributed by atoms with Crippen molar-refractivity contribution in [3.05, 3.63) is 18.2 Å². The molecule has 0 aliphatic heterocycles. The summed E-state index contributed by atoms with van der Waals surface area (Å²) in [5.74, 6) is 0.396. The molecule has 1 rings (SSSR count). The minimum absolute atomic E-state index is 0.0881. The van der Waals surface area contributed by atoms with E-state index in [2.05, 4.69) is 5.32 Å². The molecule has 0 aromatic heterocycles. The molecule has 1 amide bonds. The van der Waals surface area contributed by atoms with Crippen LogP contribution in [0.4, 0.5) is 5.69 Å². The van der Waals surface area contributed by atoms with Crippen molar-refractivity contribution in [1.82, 2.24) is 0 Å². The summed E-state index contributed by atoms with van der Waals surface area (Å²) < 4.78 is 28.0. The van der Waals surface area contributed by atoms with Gasteiger partial charge in [-0.05, 0) is 24.1 Å². The van der Waals surface area contributed by atoms with Crippen molar-refractivity contribution in [2.75, 3.05) is 11.9 Å². The molecule has 0 bridgehead atoms. The van der Waals surface area contributed by atoms with Gasteiger partial charge in [-0.1, -0.05) is 13.8 Å². The Labute approximate surface area is 117 Å². The van der Waals surface area contributed by atoms with Crippen molar-refractivity contribution in [2.24, 2.45) is 5.92 Å². The zero-order valence-corrected chi connectivity index (χ0v) is 12.5. The highest BCUT2D eigenvalue weighted by molar-refractivity contribution is 8.13. The molecule has 0 saturated heterocycles. The fourth-order valence-electron chi connectivity index (χ4n) is 1.33. The monoisotopic (exact) mass is 305 g/mol. The third-order valence-electron chi connectivity index (χ3n) is 2.12. The summed E-state index contributed by atoms with van der Waals surface area (Å²) in [5.41, 5.74) is 0.287. The van der Waals surface area contributed by atoms with E-state index in [9.17, 15) is 13.2 Å². The summed E-state index contributed by atoms with van der Waals surface area (Å²) in [6, 6.07) is 4.09. The van der Waals surface area contributed by atoms with Gasteiger partial charge in [-0.2, -0.15) is 0 Å². The molecular weight excluding hydrogens is 290 g/mol. The Morgan fingerprint density at radius 2 is 2.05 bits per heavy atom. The lowest BCUT2D eigenvalue weighted by atomic mass is 10.2.